The lowest BCUT2D eigenvalue weighted by Crippen LogP contribution is -2.30. The lowest BCUT2D eigenvalue weighted by molar-refractivity contribution is -0.137. The normalized spacial score (nSPS) is 16.3. The number of hydrogen-bond acceptors (Lipinski definition) is 4. The largest absolute Gasteiger partial charge is 0.478 e. The van der Waals surface area contributed by atoms with E-state index >= 15 is 0 Å². The van der Waals surface area contributed by atoms with Crippen LogP contribution >= 0.6 is 0 Å². The number of carbonyl (C=O) groups is 2. The molecule has 1 amide bonds. The number of aromatic nitrogens is 3. The van der Waals surface area contributed by atoms with Crippen molar-refractivity contribution in [1.29, 1.82) is 0 Å². The van der Waals surface area contributed by atoms with Crippen LogP contribution in [0.4, 0.5) is 13.2 Å². The summed E-state index contributed by atoms with van der Waals surface area (Å²) in [4.78, 5) is 24.4. The molecule has 0 fully saturated rings. The molecule has 2 aromatic carbocycles. The number of halogens is 3. The summed E-state index contributed by atoms with van der Waals surface area (Å²) in [5.41, 5.74) is 1.40. The van der Waals surface area contributed by atoms with Crippen LogP contribution in [0.1, 0.15) is 75.0 Å². The number of hydrogen-bond donors (Lipinski definition) is 2. The number of allylic oxidation sites excluding steroid dienone is 2. The maximum atomic E-state index is 13.4. The van der Waals surface area contributed by atoms with Crippen LogP contribution in [-0.2, 0) is 12.7 Å². The van der Waals surface area contributed by atoms with Crippen LogP contribution in [0, 0.1) is 0 Å². The van der Waals surface area contributed by atoms with Crippen molar-refractivity contribution >= 4 is 11.9 Å². The zero-order chi connectivity index (χ0) is 25.2. The zero-order valence-corrected chi connectivity index (χ0v) is 18.8. The molecule has 1 unspecified atom stereocenters. The summed E-state index contributed by atoms with van der Waals surface area (Å²) in [7, 11) is 0. The molecule has 1 aliphatic carbocycles. The van der Waals surface area contributed by atoms with Gasteiger partial charge in [-0.25, -0.2) is 9.48 Å². The van der Waals surface area contributed by atoms with Gasteiger partial charge in [0.15, 0.2) is 5.69 Å². The van der Waals surface area contributed by atoms with Gasteiger partial charge in [0.25, 0.3) is 5.91 Å². The maximum absolute atomic E-state index is 13.4. The Bertz CT molecular complexity index is 1250. The third kappa shape index (κ3) is 5.42. The van der Waals surface area contributed by atoms with Crippen molar-refractivity contribution in [2.45, 2.75) is 44.4 Å². The number of amides is 1. The first-order chi connectivity index (χ1) is 16.6. The van der Waals surface area contributed by atoms with Gasteiger partial charge in [-0.05, 0) is 55.2 Å². The van der Waals surface area contributed by atoms with Crippen molar-refractivity contribution in [3.63, 3.8) is 0 Å². The average Bonchev–Trinajstić information content (AvgIpc) is 3.49. The first kappa shape index (κ1) is 24.2. The summed E-state index contributed by atoms with van der Waals surface area (Å²) in [5, 5.41) is 20.4. The maximum Gasteiger partial charge on any atom is 0.416 e. The van der Waals surface area contributed by atoms with Crippen molar-refractivity contribution in [1.82, 2.24) is 20.3 Å². The predicted octanol–water partition coefficient (Wildman–Crippen LogP) is 4.97. The summed E-state index contributed by atoms with van der Waals surface area (Å²) in [6.45, 7) is 1.85. The van der Waals surface area contributed by atoms with Crippen LogP contribution in [-0.4, -0.2) is 32.0 Å². The number of nitrogens with one attached hydrogen (secondary N) is 1. The van der Waals surface area contributed by atoms with E-state index in [0.717, 1.165) is 25.0 Å². The standard InChI is InChI=1S/C25H23F3N4O3/c1-15(17-8-10-19(11-9-17)24(34)35)29-23(33)22-21(18-4-2-3-5-18)30-31-32(22)14-16-6-12-20(13-7-16)25(26,27)28/h2,4,6-13,15,18H,3,5,14H2,1H3,(H,29,33)(H,34,35)/t15-,18?/m0/s1. The number of nitrogens with zero attached hydrogens (tertiary/aromatic N) is 3. The molecule has 0 saturated heterocycles. The summed E-state index contributed by atoms with van der Waals surface area (Å²) in [6, 6.07) is 10.5. The SMILES string of the molecule is C[C@H](NC(=O)c1c(C2C=CCC2)nnn1Cc1ccc(C(F)(F)F)cc1)c1ccc(C(=O)O)cc1. The van der Waals surface area contributed by atoms with E-state index in [9.17, 15) is 22.8 Å². The van der Waals surface area contributed by atoms with Gasteiger partial charge in [-0.15, -0.1) is 5.10 Å². The molecule has 1 aliphatic rings. The molecule has 0 radical (unpaired) electrons. The van der Waals surface area contributed by atoms with E-state index in [1.807, 2.05) is 12.2 Å². The lowest BCUT2D eigenvalue weighted by Gasteiger charge is -2.17. The monoisotopic (exact) mass is 484 g/mol. The Hall–Kier alpha value is -3.95. The molecule has 182 valence electrons. The Morgan fingerprint density at radius 1 is 1.14 bits per heavy atom. The summed E-state index contributed by atoms with van der Waals surface area (Å²) >= 11 is 0. The van der Waals surface area contributed by atoms with Gasteiger partial charge in [0.05, 0.1) is 23.7 Å². The van der Waals surface area contributed by atoms with Crippen molar-refractivity contribution in [2.75, 3.05) is 0 Å². The van der Waals surface area contributed by atoms with Crippen LogP contribution < -0.4 is 5.32 Å². The van der Waals surface area contributed by atoms with Crippen molar-refractivity contribution < 1.29 is 27.9 Å². The molecule has 2 atom stereocenters. The van der Waals surface area contributed by atoms with Gasteiger partial charge >= 0.3 is 12.1 Å². The average molecular weight is 484 g/mol. The van der Waals surface area contributed by atoms with E-state index in [2.05, 4.69) is 15.6 Å². The van der Waals surface area contributed by atoms with Gasteiger partial charge < -0.3 is 10.4 Å². The van der Waals surface area contributed by atoms with Crippen molar-refractivity contribution in [3.8, 4) is 0 Å². The van der Waals surface area contributed by atoms with E-state index in [0.29, 0.717) is 16.8 Å². The minimum absolute atomic E-state index is 0.0754. The Labute approximate surface area is 199 Å². The molecule has 10 heteroatoms. The molecule has 0 saturated carbocycles. The smallest absolute Gasteiger partial charge is 0.416 e. The molecule has 0 spiro atoms. The fourth-order valence-electron chi connectivity index (χ4n) is 4.02. The minimum atomic E-state index is -4.43. The van der Waals surface area contributed by atoms with Crippen LogP contribution in [0.5, 0.6) is 0 Å². The highest BCUT2D eigenvalue weighted by Gasteiger charge is 2.30. The van der Waals surface area contributed by atoms with Gasteiger partial charge in [-0.1, -0.05) is 41.6 Å². The number of rotatable bonds is 7. The molecular formula is C25H23F3N4O3. The molecule has 4 rings (SSSR count). The van der Waals surface area contributed by atoms with Gasteiger partial charge in [0, 0.05) is 5.92 Å². The Morgan fingerprint density at radius 2 is 1.83 bits per heavy atom. The van der Waals surface area contributed by atoms with Gasteiger partial charge in [0.1, 0.15) is 5.69 Å². The molecule has 1 heterocycles. The molecule has 7 nitrogen and oxygen atoms in total. The first-order valence-electron chi connectivity index (χ1n) is 11.0. The predicted molar refractivity (Wildman–Crippen MR) is 121 cm³/mol. The second-order valence-electron chi connectivity index (χ2n) is 8.41. The van der Waals surface area contributed by atoms with Crippen molar-refractivity contribution in [3.05, 3.63) is 94.3 Å². The number of carboxylic acid groups (broad SMARTS) is 1. The third-order valence-electron chi connectivity index (χ3n) is 5.96. The topological polar surface area (TPSA) is 97.1 Å². The summed E-state index contributed by atoms with van der Waals surface area (Å²) in [6.07, 6.45) is 1.18. The number of benzene rings is 2. The number of alkyl halides is 3. The van der Waals surface area contributed by atoms with E-state index in [1.54, 1.807) is 19.1 Å². The fraction of sp³-hybridized carbons (Fsp3) is 0.280. The fourth-order valence-corrected chi connectivity index (χ4v) is 4.02. The van der Waals surface area contributed by atoms with Gasteiger partial charge in [-0.2, -0.15) is 13.2 Å². The van der Waals surface area contributed by atoms with Crippen LogP contribution in [0.2, 0.25) is 0 Å². The van der Waals surface area contributed by atoms with Crippen LogP contribution in [0.15, 0.2) is 60.7 Å². The molecule has 3 aromatic rings. The lowest BCUT2D eigenvalue weighted by atomic mass is 10.0. The molecule has 0 aliphatic heterocycles. The summed E-state index contributed by atoms with van der Waals surface area (Å²) < 4.78 is 40.1. The Kier molecular flexibility index (Phi) is 6.72. The van der Waals surface area contributed by atoms with E-state index in [1.165, 1.54) is 28.9 Å². The number of aromatic carboxylic acids is 1. The molecule has 35 heavy (non-hydrogen) atoms. The second kappa shape index (κ2) is 9.73. The first-order valence-corrected chi connectivity index (χ1v) is 11.0. The van der Waals surface area contributed by atoms with Crippen molar-refractivity contribution in [2.24, 2.45) is 0 Å². The van der Waals surface area contributed by atoms with Crippen LogP contribution in [0.3, 0.4) is 0 Å². The summed E-state index contributed by atoms with van der Waals surface area (Å²) in [5.74, 6) is -1.55. The van der Waals surface area contributed by atoms with E-state index in [4.69, 9.17) is 5.11 Å². The molecular weight excluding hydrogens is 461 g/mol. The zero-order valence-electron chi connectivity index (χ0n) is 18.8. The second-order valence-corrected chi connectivity index (χ2v) is 8.41. The Balaban J connectivity index is 1.59. The van der Waals surface area contributed by atoms with Gasteiger partial charge in [-0.3, -0.25) is 4.79 Å². The Morgan fingerprint density at radius 3 is 2.40 bits per heavy atom. The highest BCUT2D eigenvalue weighted by atomic mass is 19.4. The molecule has 2 N–H and O–H groups in total. The molecule has 0 bridgehead atoms. The van der Waals surface area contributed by atoms with Crippen LogP contribution in [0.25, 0.3) is 0 Å². The molecule has 1 aromatic heterocycles. The third-order valence-corrected chi connectivity index (χ3v) is 5.96. The minimum Gasteiger partial charge on any atom is -0.478 e. The highest BCUT2D eigenvalue weighted by Crippen LogP contribution is 2.31. The quantitative estimate of drug-likeness (QED) is 0.462. The number of carboxylic acids is 1. The van der Waals surface area contributed by atoms with E-state index in [-0.39, 0.29) is 23.7 Å². The van der Waals surface area contributed by atoms with Gasteiger partial charge in [0.2, 0.25) is 0 Å². The number of carbonyl (C=O) groups excluding carboxylic acids is 1. The van der Waals surface area contributed by atoms with E-state index < -0.39 is 29.7 Å². The highest BCUT2D eigenvalue weighted by molar-refractivity contribution is 5.94.